The Morgan fingerprint density at radius 2 is 1.70 bits per heavy atom. The molecule has 0 saturated carbocycles. The van der Waals surface area contributed by atoms with Crippen molar-refractivity contribution in [1.29, 1.82) is 0 Å². The molecular formula is C14H18Cl2N2O2. The van der Waals surface area contributed by atoms with Gasteiger partial charge in [0.05, 0.1) is 0 Å². The van der Waals surface area contributed by atoms with Crippen molar-refractivity contribution in [2.75, 3.05) is 19.0 Å². The predicted molar refractivity (Wildman–Crippen MR) is 85.2 cm³/mol. The summed E-state index contributed by atoms with van der Waals surface area (Å²) in [5, 5.41) is 3.31. The van der Waals surface area contributed by atoms with Crippen LogP contribution in [0.4, 0.5) is 5.69 Å². The van der Waals surface area contributed by atoms with E-state index in [-0.39, 0.29) is 5.91 Å². The van der Waals surface area contributed by atoms with E-state index in [4.69, 9.17) is 28.0 Å². The highest BCUT2D eigenvalue weighted by molar-refractivity contribution is 6.35. The Kier molecular flexibility index (Phi) is 12.7. The molecule has 0 spiro atoms. The Balaban J connectivity index is 0. The van der Waals surface area contributed by atoms with Crippen LogP contribution in [-0.4, -0.2) is 26.4 Å². The SMILES string of the molecule is C#C.CCC(=O)N(C)c1cc(Cl)cc(Cl)c1.CNC=O. The molecule has 0 unspecified atom stereocenters. The average Bonchev–Trinajstić information content (AvgIpc) is 2.47. The van der Waals surface area contributed by atoms with Crippen molar-refractivity contribution in [3.63, 3.8) is 0 Å². The molecule has 1 aromatic rings. The van der Waals surface area contributed by atoms with Crippen molar-refractivity contribution in [3.05, 3.63) is 28.2 Å². The maximum atomic E-state index is 11.4. The molecule has 4 nitrogen and oxygen atoms in total. The lowest BCUT2D eigenvalue weighted by atomic mass is 10.3. The number of rotatable bonds is 3. The highest BCUT2D eigenvalue weighted by Crippen LogP contribution is 2.24. The van der Waals surface area contributed by atoms with E-state index in [1.165, 1.54) is 4.90 Å². The summed E-state index contributed by atoms with van der Waals surface area (Å²) in [6.45, 7) is 1.81. The minimum absolute atomic E-state index is 0.0309. The number of carbonyl (C=O) groups is 2. The van der Waals surface area contributed by atoms with Crippen molar-refractivity contribution in [2.45, 2.75) is 13.3 Å². The van der Waals surface area contributed by atoms with Crippen LogP contribution in [0, 0.1) is 12.8 Å². The van der Waals surface area contributed by atoms with Crippen LogP contribution in [-0.2, 0) is 9.59 Å². The monoisotopic (exact) mass is 316 g/mol. The number of carbonyl (C=O) groups excluding carboxylic acids is 2. The van der Waals surface area contributed by atoms with Gasteiger partial charge < -0.3 is 10.2 Å². The van der Waals surface area contributed by atoms with Crippen molar-refractivity contribution in [1.82, 2.24) is 5.32 Å². The van der Waals surface area contributed by atoms with Crippen molar-refractivity contribution in [2.24, 2.45) is 0 Å². The van der Waals surface area contributed by atoms with E-state index in [2.05, 4.69) is 18.2 Å². The molecule has 0 aliphatic carbocycles. The van der Waals surface area contributed by atoms with Gasteiger partial charge in [-0.2, -0.15) is 0 Å². The average molecular weight is 317 g/mol. The van der Waals surface area contributed by atoms with Gasteiger partial charge in [-0.1, -0.05) is 30.1 Å². The molecule has 1 N–H and O–H groups in total. The van der Waals surface area contributed by atoms with E-state index in [9.17, 15) is 4.79 Å². The molecule has 1 rings (SSSR count). The Morgan fingerprint density at radius 1 is 1.30 bits per heavy atom. The normalized spacial score (nSPS) is 8.15. The molecule has 0 bridgehead atoms. The van der Waals surface area contributed by atoms with Gasteiger partial charge >= 0.3 is 0 Å². The molecule has 0 fully saturated rings. The molecule has 6 heteroatoms. The molecule has 110 valence electrons. The van der Waals surface area contributed by atoms with Gasteiger partial charge in [0.25, 0.3) is 0 Å². The number of hydrogen-bond donors (Lipinski definition) is 1. The number of halogens is 2. The Morgan fingerprint density at radius 3 is 2.00 bits per heavy atom. The van der Waals surface area contributed by atoms with Crippen LogP contribution in [0.5, 0.6) is 0 Å². The molecular weight excluding hydrogens is 299 g/mol. The summed E-state index contributed by atoms with van der Waals surface area (Å²) in [6.07, 6.45) is 9.08. The van der Waals surface area contributed by atoms with Gasteiger partial charge in [0.15, 0.2) is 0 Å². The molecule has 0 aliphatic rings. The predicted octanol–water partition coefficient (Wildman–Crippen LogP) is 2.98. The highest BCUT2D eigenvalue weighted by Gasteiger charge is 2.09. The first-order valence-electron chi connectivity index (χ1n) is 5.63. The third-order valence-corrected chi connectivity index (χ3v) is 2.47. The molecule has 2 amide bonds. The van der Waals surface area contributed by atoms with E-state index in [1.807, 2.05) is 6.92 Å². The smallest absolute Gasteiger partial charge is 0.226 e. The van der Waals surface area contributed by atoms with Crippen LogP contribution in [0.1, 0.15) is 13.3 Å². The van der Waals surface area contributed by atoms with Gasteiger partial charge in [-0.15, -0.1) is 12.8 Å². The van der Waals surface area contributed by atoms with Crippen LogP contribution in [0.2, 0.25) is 10.0 Å². The number of benzene rings is 1. The topological polar surface area (TPSA) is 49.4 Å². The van der Waals surface area contributed by atoms with E-state index in [0.29, 0.717) is 28.6 Å². The molecule has 20 heavy (non-hydrogen) atoms. The fraction of sp³-hybridized carbons (Fsp3) is 0.286. The number of anilines is 1. The van der Waals surface area contributed by atoms with Gasteiger partial charge in [0.2, 0.25) is 12.3 Å². The number of nitrogens with one attached hydrogen (secondary N) is 1. The van der Waals surface area contributed by atoms with Crippen LogP contribution in [0.25, 0.3) is 0 Å². The van der Waals surface area contributed by atoms with Crippen LogP contribution >= 0.6 is 23.2 Å². The molecule has 0 heterocycles. The molecule has 0 atom stereocenters. The second-order valence-electron chi connectivity index (χ2n) is 3.34. The number of nitrogens with zero attached hydrogens (tertiary/aromatic N) is 1. The Bertz CT molecular complexity index is 428. The van der Waals surface area contributed by atoms with Gasteiger partial charge in [-0.05, 0) is 18.2 Å². The number of hydrogen-bond acceptors (Lipinski definition) is 2. The summed E-state index contributed by atoms with van der Waals surface area (Å²) in [5.41, 5.74) is 0.717. The first-order valence-corrected chi connectivity index (χ1v) is 6.38. The maximum absolute atomic E-state index is 11.4. The largest absolute Gasteiger partial charge is 0.362 e. The lowest BCUT2D eigenvalue weighted by Gasteiger charge is -2.16. The van der Waals surface area contributed by atoms with Crippen LogP contribution < -0.4 is 10.2 Å². The summed E-state index contributed by atoms with van der Waals surface area (Å²) in [5.74, 6) is 0.0309. The van der Waals surface area contributed by atoms with Crippen molar-refractivity contribution < 1.29 is 9.59 Å². The lowest BCUT2D eigenvalue weighted by molar-refractivity contribution is -0.118. The van der Waals surface area contributed by atoms with Gasteiger partial charge in [0, 0.05) is 36.2 Å². The van der Waals surface area contributed by atoms with E-state index in [0.717, 1.165) is 0 Å². The minimum atomic E-state index is 0.0309. The minimum Gasteiger partial charge on any atom is -0.362 e. The van der Waals surface area contributed by atoms with E-state index in [1.54, 1.807) is 32.3 Å². The third-order valence-electron chi connectivity index (χ3n) is 2.03. The summed E-state index contributed by atoms with van der Waals surface area (Å²) in [4.78, 5) is 22.0. The third kappa shape index (κ3) is 8.41. The lowest BCUT2D eigenvalue weighted by Crippen LogP contribution is -2.24. The van der Waals surface area contributed by atoms with Crippen LogP contribution in [0.3, 0.4) is 0 Å². The Hall–Kier alpha value is -1.70. The zero-order valence-corrected chi connectivity index (χ0v) is 13.2. The molecule has 1 aromatic carbocycles. The first kappa shape index (κ1) is 20.6. The second-order valence-corrected chi connectivity index (χ2v) is 4.21. The first-order chi connectivity index (χ1) is 9.46. The molecule has 0 saturated heterocycles. The van der Waals surface area contributed by atoms with Gasteiger partial charge in [-0.3, -0.25) is 9.59 Å². The summed E-state index contributed by atoms with van der Waals surface area (Å²) < 4.78 is 0. The fourth-order valence-electron chi connectivity index (χ4n) is 1.11. The van der Waals surface area contributed by atoms with E-state index < -0.39 is 0 Å². The van der Waals surface area contributed by atoms with Crippen molar-refractivity contribution >= 4 is 41.2 Å². The number of amides is 2. The number of terminal acetylenes is 1. The summed E-state index contributed by atoms with van der Waals surface area (Å²) in [7, 11) is 3.26. The van der Waals surface area contributed by atoms with Gasteiger partial charge in [0.1, 0.15) is 0 Å². The van der Waals surface area contributed by atoms with Crippen LogP contribution in [0.15, 0.2) is 18.2 Å². The molecule has 0 radical (unpaired) electrons. The second kappa shape index (κ2) is 12.3. The molecule has 0 aliphatic heterocycles. The summed E-state index contributed by atoms with van der Waals surface area (Å²) >= 11 is 11.6. The van der Waals surface area contributed by atoms with E-state index >= 15 is 0 Å². The standard InChI is InChI=1S/C10H11Cl2NO.C2H5NO.C2H2/c1-3-10(14)13(2)9-5-7(11)4-8(12)6-9;1-3-2-4;1-2/h4-6H,3H2,1-2H3;2H,1H3,(H,3,4);1-2H. The zero-order valence-electron chi connectivity index (χ0n) is 11.7. The summed E-state index contributed by atoms with van der Waals surface area (Å²) in [6, 6.07) is 5.05. The quantitative estimate of drug-likeness (QED) is 0.688. The maximum Gasteiger partial charge on any atom is 0.226 e. The fourth-order valence-corrected chi connectivity index (χ4v) is 1.63. The molecule has 0 aromatic heterocycles. The zero-order chi connectivity index (χ0) is 16.1. The highest BCUT2D eigenvalue weighted by atomic mass is 35.5. The van der Waals surface area contributed by atoms with Gasteiger partial charge in [-0.25, -0.2) is 0 Å². The van der Waals surface area contributed by atoms with Crippen molar-refractivity contribution in [3.8, 4) is 12.8 Å². The Labute approximate surface area is 130 Å².